The molecule has 2 fully saturated rings. The van der Waals surface area contributed by atoms with E-state index >= 15 is 0 Å². The van der Waals surface area contributed by atoms with E-state index in [2.05, 4.69) is 13.8 Å². The van der Waals surface area contributed by atoms with Crippen LogP contribution in [0, 0.1) is 17.8 Å². The molecule has 2 aliphatic rings. The molecule has 2 heteroatoms. The van der Waals surface area contributed by atoms with Crippen LogP contribution in [0.1, 0.15) is 58.8 Å². The first-order valence-corrected chi connectivity index (χ1v) is 6.82. The quantitative estimate of drug-likeness (QED) is 0.799. The van der Waals surface area contributed by atoms with E-state index in [0.29, 0.717) is 24.0 Å². The first-order valence-electron chi connectivity index (χ1n) is 6.82. The summed E-state index contributed by atoms with van der Waals surface area (Å²) in [5.41, 5.74) is 6.03. The van der Waals surface area contributed by atoms with E-state index in [1.165, 1.54) is 12.8 Å². The van der Waals surface area contributed by atoms with Crippen molar-refractivity contribution in [1.29, 1.82) is 0 Å². The molecule has 2 aliphatic carbocycles. The summed E-state index contributed by atoms with van der Waals surface area (Å²) < 4.78 is 0. The second-order valence-electron chi connectivity index (χ2n) is 6.32. The zero-order valence-electron chi connectivity index (χ0n) is 10.7. The molecule has 2 rings (SSSR count). The highest BCUT2D eigenvalue weighted by Gasteiger charge is 2.37. The van der Waals surface area contributed by atoms with E-state index in [9.17, 15) is 4.79 Å². The van der Waals surface area contributed by atoms with Gasteiger partial charge in [0.2, 0.25) is 0 Å². The molecule has 2 nitrogen and oxygen atoms in total. The Bertz CT molecular complexity index is 270. The van der Waals surface area contributed by atoms with Crippen LogP contribution in [0.3, 0.4) is 0 Å². The minimum atomic E-state index is -0.122. The maximum absolute atomic E-state index is 12.2. The highest BCUT2D eigenvalue weighted by Crippen LogP contribution is 2.38. The number of ketones is 1. The summed E-state index contributed by atoms with van der Waals surface area (Å²) in [6.07, 6.45) is 7.36. The van der Waals surface area contributed by atoms with Crippen molar-refractivity contribution in [2.45, 2.75) is 64.3 Å². The summed E-state index contributed by atoms with van der Waals surface area (Å²) in [6.45, 7) is 4.59. The standard InChI is InChI=1S/C14H25NO/c1-10-4-5-12(8-11(10)2)13(16)9-14(15)6-3-7-14/h10-12H,3-9,15H2,1-2H3. The summed E-state index contributed by atoms with van der Waals surface area (Å²) >= 11 is 0. The molecular formula is C14H25NO. The summed E-state index contributed by atoms with van der Waals surface area (Å²) in [5.74, 6) is 2.26. The molecule has 92 valence electrons. The maximum Gasteiger partial charge on any atom is 0.137 e. The van der Waals surface area contributed by atoms with Gasteiger partial charge in [-0.15, -0.1) is 0 Å². The zero-order valence-corrected chi connectivity index (χ0v) is 10.7. The predicted molar refractivity (Wildman–Crippen MR) is 66.1 cm³/mol. The molecule has 3 unspecified atom stereocenters. The van der Waals surface area contributed by atoms with Gasteiger partial charge in [-0.1, -0.05) is 13.8 Å². The lowest BCUT2D eigenvalue weighted by Gasteiger charge is -2.39. The van der Waals surface area contributed by atoms with E-state index in [0.717, 1.165) is 31.6 Å². The number of hydrogen-bond donors (Lipinski definition) is 1. The van der Waals surface area contributed by atoms with Crippen molar-refractivity contribution in [3.8, 4) is 0 Å². The molecule has 16 heavy (non-hydrogen) atoms. The van der Waals surface area contributed by atoms with Crippen LogP contribution in [-0.4, -0.2) is 11.3 Å². The Morgan fingerprint density at radius 2 is 1.94 bits per heavy atom. The lowest BCUT2D eigenvalue weighted by atomic mass is 9.69. The van der Waals surface area contributed by atoms with Crippen molar-refractivity contribution in [2.24, 2.45) is 23.5 Å². The Labute approximate surface area is 99.0 Å². The summed E-state index contributed by atoms with van der Waals surface area (Å²) in [5, 5.41) is 0. The fraction of sp³-hybridized carbons (Fsp3) is 0.929. The number of Topliss-reactive ketones (excluding diaryl/α,β-unsaturated/α-hetero) is 1. The average molecular weight is 223 g/mol. The van der Waals surface area contributed by atoms with Crippen molar-refractivity contribution in [2.75, 3.05) is 0 Å². The Balaban J connectivity index is 1.85. The van der Waals surface area contributed by atoms with Gasteiger partial charge in [0.05, 0.1) is 0 Å². The molecule has 0 aromatic carbocycles. The highest BCUT2D eigenvalue weighted by molar-refractivity contribution is 5.82. The van der Waals surface area contributed by atoms with Gasteiger partial charge in [0, 0.05) is 17.9 Å². The third kappa shape index (κ3) is 2.48. The Kier molecular flexibility index (Phi) is 3.39. The monoisotopic (exact) mass is 223 g/mol. The molecule has 2 N–H and O–H groups in total. The van der Waals surface area contributed by atoms with Gasteiger partial charge in [-0.2, -0.15) is 0 Å². The fourth-order valence-electron chi connectivity index (χ4n) is 3.14. The van der Waals surface area contributed by atoms with E-state index in [4.69, 9.17) is 5.73 Å². The molecule has 0 spiro atoms. The number of hydrogen-bond acceptors (Lipinski definition) is 2. The summed E-state index contributed by atoms with van der Waals surface area (Å²) in [4.78, 5) is 12.2. The van der Waals surface area contributed by atoms with Crippen molar-refractivity contribution in [3.63, 3.8) is 0 Å². The average Bonchev–Trinajstić information content (AvgIpc) is 2.19. The highest BCUT2D eigenvalue weighted by atomic mass is 16.1. The van der Waals surface area contributed by atoms with E-state index in [1.807, 2.05) is 0 Å². The molecule has 3 atom stereocenters. The van der Waals surface area contributed by atoms with Crippen LogP contribution in [0.4, 0.5) is 0 Å². The van der Waals surface area contributed by atoms with Crippen molar-refractivity contribution >= 4 is 5.78 Å². The maximum atomic E-state index is 12.2. The smallest absolute Gasteiger partial charge is 0.137 e. The minimum absolute atomic E-state index is 0.122. The second-order valence-corrected chi connectivity index (χ2v) is 6.32. The lowest BCUT2D eigenvalue weighted by Crippen LogP contribution is -2.49. The Morgan fingerprint density at radius 3 is 2.44 bits per heavy atom. The third-order valence-corrected chi connectivity index (χ3v) is 4.93. The van der Waals surface area contributed by atoms with Crippen LogP contribution < -0.4 is 5.73 Å². The van der Waals surface area contributed by atoms with Crippen molar-refractivity contribution in [1.82, 2.24) is 0 Å². The molecule has 0 aromatic rings. The van der Waals surface area contributed by atoms with Crippen LogP contribution >= 0.6 is 0 Å². The molecular weight excluding hydrogens is 198 g/mol. The van der Waals surface area contributed by atoms with Gasteiger partial charge in [-0.25, -0.2) is 0 Å². The van der Waals surface area contributed by atoms with Crippen molar-refractivity contribution < 1.29 is 4.79 Å². The van der Waals surface area contributed by atoms with Gasteiger partial charge in [-0.3, -0.25) is 4.79 Å². The van der Waals surface area contributed by atoms with Crippen molar-refractivity contribution in [3.05, 3.63) is 0 Å². The second kappa shape index (κ2) is 4.48. The molecule has 0 amide bonds. The largest absolute Gasteiger partial charge is 0.325 e. The summed E-state index contributed by atoms with van der Waals surface area (Å²) in [6, 6.07) is 0. The minimum Gasteiger partial charge on any atom is -0.325 e. The molecule has 0 aliphatic heterocycles. The van der Waals surface area contributed by atoms with Gasteiger partial charge < -0.3 is 5.73 Å². The van der Waals surface area contributed by atoms with Crippen LogP contribution in [0.2, 0.25) is 0 Å². The first kappa shape index (κ1) is 12.1. The van der Waals surface area contributed by atoms with Crippen LogP contribution in [-0.2, 0) is 4.79 Å². The third-order valence-electron chi connectivity index (χ3n) is 4.93. The fourth-order valence-corrected chi connectivity index (χ4v) is 3.14. The molecule has 0 saturated heterocycles. The van der Waals surface area contributed by atoms with Gasteiger partial charge in [0.1, 0.15) is 5.78 Å². The predicted octanol–water partition coefficient (Wildman–Crippen LogP) is 2.90. The van der Waals surface area contributed by atoms with Gasteiger partial charge in [0.15, 0.2) is 0 Å². The number of nitrogens with two attached hydrogens (primary N) is 1. The van der Waals surface area contributed by atoms with E-state index in [1.54, 1.807) is 0 Å². The molecule has 0 heterocycles. The number of carbonyl (C=O) groups is 1. The van der Waals surface area contributed by atoms with Crippen LogP contribution in [0.25, 0.3) is 0 Å². The van der Waals surface area contributed by atoms with E-state index in [-0.39, 0.29) is 5.54 Å². The number of carbonyl (C=O) groups excluding carboxylic acids is 1. The lowest BCUT2D eigenvalue weighted by molar-refractivity contribution is -0.126. The molecule has 2 saturated carbocycles. The Morgan fingerprint density at radius 1 is 1.25 bits per heavy atom. The topological polar surface area (TPSA) is 43.1 Å². The molecule has 0 aromatic heterocycles. The molecule has 0 radical (unpaired) electrons. The number of rotatable bonds is 3. The SMILES string of the molecule is CC1CCC(C(=O)CC2(N)CCC2)CC1C. The Hall–Kier alpha value is -0.370. The normalized spacial score (nSPS) is 37.8. The van der Waals surface area contributed by atoms with Gasteiger partial charge in [0.25, 0.3) is 0 Å². The summed E-state index contributed by atoms with van der Waals surface area (Å²) in [7, 11) is 0. The van der Waals surface area contributed by atoms with E-state index < -0.39 is 0 Å². The first-order chi connectivity index (χ1) is 7.50. The molecule has 0 bridgehead atoms. The van der Waals surface area contributed by atoms with Crippen LogP contribution in [0.5, 0.6) is 0 Å². The van der Waals surface area contributed by atoms with Crippen LogP contribution in [0.15, 0.2) is 0 Å². The zero-order chi connectivity index (χ0) is 11.8. The van der Waals surface area contributed by atoms with Gasteiger partial charge >= 0.3 is 0 Å². The van der Waals surface area contributed by atoms with Gasteiger partial charge in [-0.05, 0) is 50.4 Å².